The Labute approximate surface area is 144 Å². The number of ketones is 2. The van der Waals surface area contributed by atoms with Gasteiger partial charge in [-0.25, -0.2) is 0 Å². The molecule has 0 aliphatic heterocycles. The maximum absolute atomic E-state index is 12.9. The van der Waals surface area contributed by atoms with Crippen molar-refractivity contribution < 1.29 is 22.6 Å². The molecule has 2 aromatic rings. The summed E-state index contributed by atoms with van der Waals surface area (Å²) < 4.78 is 32.7. The molecule has 0 saturated heterocycles. The predicted octanol–water partition coefficient (Wildman–Crippen LogP) is 1.18. The van der Waals surface area contributed by atoms with Gasteiger partial charge in [0.15, 0.2) is 11.6 Å². The lowest BCUT2D eigenvalue weighted by Crippen LogP contribution is -2.25. The maximum Gasteiger partial charge on any atom is 0.296 e. The van der Waals surface area contributed by atoms with Crippen molar-refractivity contribution in [3.05, 3.63) is 58.1 Å². The van der Waals surface area contributed by atoms with E-state index in [4.69, 9.17) is 11.5 Å². The summed E-state index contributed by atoms with van der Waals surface area (Å²) in [6.07, 6.45) is 0.757. The van der Waals surface area contributed by atoms with E-state index in [1.54, 1.807) is 12.1 Å². The Morgan fingerprint density at radius 3 is 2.08 bits per heavy atom. The van der Waals surface area contributed by atoms with Crippen molar-refractivity contribution in [3.63, 3.8) is 0 Å². The lowest BCUT2D eigenvalue weighted by molar-refractivity contribution is 0.0978. The molecule has 1 aliphatic carbocycles. The molecule has 0 saturated carbocycles. The summed E-state index contributed by atoms with van der Waals surface area (Å²) in [5, 5.41) is 0. The number of carbonyl (C=O) groups is 2. The van der Waals surface area contributed by atoms with E-state index < -0.39 is 32.3 Å². The van der Waals surface area contributed by atoms with Gasteiger partial charge in [0.2, 0.25) is 0 Å². The summed E-state index contributed by atoms with van der Waals surface area (Å²) in [6, 6.07) is 7.42. The minimum Gasteiger partial charge on any atom is -0.397 e. The Bertz CT molecular complexity index is 1010. The Morgan fingerprint density at radius 2 is 1.56 bits per heavy atom. The predicted molar refractivity (Wildman–Crippen MR) is 91.4 cm³/mol. The second kappa shape index (κ2) is 6.07. The van der Waals surface area contributed by atoms with Crippen LogP contribution >= 0.6 is 0 Å². The van der Waals surface area contributed by atoms with Crippen LogP contribution in [-0.2, 0) is 16.5 Å². The highest BCUT2D eigenvalue weighted by molar-refractivity contribution is 7.86. The SMILES string of the molecule is NCCCc1cc(S(=O)(=O)O)c(N)c2c1C(=O)c1ccccc1C2=O. The van der Waals surface area contributed by atoms with Crippen molar-refractivity contribution >= 4 is 27.4 Å². The molecule has 0 atom stereocenters. The number of fused-ring (bicyclic) bond motifs is 2. The van der Waals surface area contributed by atoms with E-state index >= 15 is 0 Å². The molecule has 8 heteroatoms. The number of rotatable bonds is 4. The van der Waals surface area contributed by atoms with Gasteiger partial charge >= 0.3 is 0 Å². The van der Waals surface area contributed by atoms with E-state index in [2.05, 4.69) is 0 Å². The summed E-state index contributed by atoms with van der Waals surface area (Å²) in [6.45, 7) is 0.319. The molecule has 7 nitrogen and oxygen atoms in total. The standard InChI is InChI=1S/C17H16N2O5S/c18-7-3-4-9-8-12(25(22,23)24)15(19)14-13(9)16(20)10-5-1-2-6-11(10)17(14)21/h1-2,5-6,8H,3-4,7,18-19H2,(H,22,23,24). The number of anilines is 1. The van der Waals surface area contributed by atoms with E-state index in [1.165, 1.54) is 12.1 Å². The van der Waals surface area contributed by atoms with Gasteiger partial charge in [-0.2, -0.15) is 8.42 Å². The minimum absolute atomic E-state index is 0.0852. The van der Waals surface area contributed by atoms with E-state index in [0.29, 0.717) is 18.5 Å². The first-order chi connectivity index (χ1) is 11.8. The molecule has 0 heterocycles. The highest BCUT2D eigenvalue weighted by Crippen LogP contribution is 2.37. The monoisotopic (exact) mass is 360 g/mol. The van der Waals surface area contributed by atoms with Crippen molar-refractivity contribution in [2.75, 3.05) is 12.3 Å². The van der Waals surface area contributed by atoms with Gasteiger partial charge in [-0.05, 0) is 31.0 Å². The van der Waals surface area contributed by atoms with Gasteiger partial charge in [0.25, 0.3) is 10.1 Å². The first-order valence-corrected chi connectivity index (χ1v) is 9.02. The average Bonchev–Trinajstić information content (AvgIpc) is 2.57. The molecule has 2 aromatic carbocycles. The smallest absolute Gasteiger partial charge is 0.296 e. The van der Waals surface area contributed by atoms with Crippen LogP contribution < -0.4 is 11.5 Å². The first-order valence-electron chi connectivity index (χ1n) is 7.58. The Morgan fingerprint density at radius 1 is 1.00 bits per heavy atom. The molecule has 3 rings (SSSR count). The molecule has 1 aliphatic rings. The highest BCUT2D eigenvalue weighted by atomic mass is 32.2. The zero-order valence-electron chi connectivity index (χ0n) is 13.2. The number of benzene rings is 2. The number of carbonyl (C=O) groups excluding carboxylic acids is 2. The third kappa shape index (κ3) is 2.74. The van der Waals surface area contributed by atoms with Gasteiger partial charge in [0.05, 0.1) is 11.3 Å². The second-order valence-electron chi connectivity index (χ2n) is 5.77. The number of hydrogen-bond donors (Lipinski definition) is 3. The van der Waals surface area contributed by atoms with Gasteiger partial charge in [0, 0.05) is 16.7 Å². The van der Waals surface area contributed by atoms with E-state index in [0.717, 1.165) is 6.07 Å². The quantitative estimate of drug-likeness (QED) is 0.468. The summed E-state index contributed by atoms with van der Waals surface area (Å²) in [4.78, 5) is 25.2. The summed E-state index contributed by atoms with van der Waals surface area (Å²) >= 11 is 0. The van der Waals surface area contributed by atoms with Crippen molar-refractivity contribution in [2.24, 2.45) is 5.73 Å². The summed E-state index contributed by atoms with van der Waals surface area (Å²) in [5.41, 5.74) is 11.6. The van der Waals surface area contributed by atoms with Gasteiger partial charge in [-0.15, -0.1) is 0 Å². The lowest BCUT2D eigenvalue weighted by Gasteiger charge is -2.23. The maximum atomic E-state index is 12.9. The van der Waals surface area contributed by atoms with Crippen molar-refractivity contribution in [1.29, 1.82) is 0 Å². The second-order valence-corrected chi connectivity index (χ2v) is 7.16. The fraction of sp³-hybridized carbons (Fsp3) is 0.176. The molecular formula is C17H16N2O5S. The first kappa shape index (κ1) is 17.3. The van der Waals surface area contributed by atoms with Crippen molar-refractivity contribution in [1.82, 2.24) is 0 Å². The number of aryl methyl sites for hydroxylation is 1. The molecule has 0 spiro atoms. The molecule has 0 bridgehead atoms. The van der Waals surface area contributed by atoms with Gasteiger partial charge in [0.1, 0.15) is 4.90 Å². The fourth-order valence-corrected chi connectivity index (χ4v) is 3.74. The molecule has 130 valence electrons. The summed E-state index contributed by atoms with van der Waals surface area (Å²) in [5.74, 6) is -0.937. The molecule has 0 unspecified atom stereocenters. The molecule has 5 N–H and O–H groups in total. The van der Waals surface area contributed by atoms with Crippen LogP contribution in [0.4, 0.5) is 5.69 Å². The topological polar surface area (TPSA) is 141 Å². The molecule has 0 radical (unpaired) electrons. The van der Waals surface area contributed by atoms with Crippen LogP contribution in [0.2, 0.25) is 0 Å². The normalized spacial score (nSPS) is 13.5. The minimum atomic E-state index is -4.65. The zero-order valence-corrected chi connectivity index (χ0v) is 14.0. The van der Waals surface area contributed by atoms with Crippen LogP contribution in [-0.4, -0.2) is 31.1 Å². The number of hydrogen-bond acceptors (Lipinski definition) is 6. The van der Waals surface area contributed by atoms with Crippen LogP contribution in [0.1, 0.15) is 43.8 Å². The zero-order chi connectivity index (χ0) is 18.4. The Hall–Kier alpha value is -2.55. The van der Waals surface area contributed by atoms with Gasteiger partial charge in [-0.1, -0.05) is 24.3 Å². The van der Waals surface area contributed by atoms with Crippen LogP contribution in [0, 0.1) is 0 Å². The Balaban J connectivity index is 2.38. The van der Waals surface area contributed by atoms with E-state index in [9.17, 15) is 22.6 Å². The van der Waals surface area contributed by atoms with Crippen molar-refractivity contribution in [2.45, 2.75) is 17.7 Å². The number of nitrogen functional groups attached to an aromatic ring is 1. The van der Waals surface area contributed by atoms with Gasteiger partial charge in [-0.3, -0.25) is 14.1 Å². The highest BCUT2D eigenvalue weighted by Gasteiger charge is 2.35. The molecule has 0 amide bonds. The third-order valence-electron chi connectivity index (χ3n) is 4.21. The molecule has 25 heavy (non-hydrogen) atoms. The molecule has 0 fully saturated rings. The largest absolute Gasteiger partial charge is 0.397 e. The average molecular weight is 360 g/mol. The molecule has 0 aromatic heterocycles. The van der Waals surface area contributed by atoms with Crippen LogP contribution in [0.15, 0.2) is 35.2 Å². The molecular weight excluding hydrogens is 344 g/mol. The van der Waals surface area contributed by atoms with Gasteiger partial charge < -0.3 is 11.5 Å². The lowest BCUT2D eigenvalue weighted by atomic mass is 9.80. The van der Waals surface area contributed by atoms with Crippen molar-refractivity contribution in [3.8, 4) is 0 Å². The fourth-order valence-electron chi connectivity index (χ4n) is 3.07. The van der Waals surface area contributed by atoms with E-state index in [1.807, 2.05) is 0 Å². The number of nitrogens with two attached hydrogens (primary N) is 2. The van der Waals surface area contributed by atoms with E-state index in [-0.39, 0.29) is 28.7 Å². The Kier molecular flexibility index (Phi) is 4.19. The van der Waals surface area contributed by atoms with Crippen LogP contribution in [0.5, 0.6) is 0 Å². The summed E-state index contributed by atoms with van der Waals surface area (Å²) in [7, 11) is -4.65. The third-order valence-corrected chi connectivity index (χ3v) is 5.10. The van der Waals surface area contributed by atoms with Crippen LogP contribution in [0.3, 0.4) is 0 Å². The van der Waals surface area contributed by atoms with Crippen LogP contribution in [0.25, 0.3) is 0 Å².